The Bertz CT molecular complexity index is 838. The van der Waals surface area contributed by atoms with Crippen LogP contribution in [0.4, 0.5) is 0 Å². The number of carbonyl (C=O) groups is 1. The van der Waals surface area contributed by atoms with E-state index in [0.717, 1.165) is 9.99 Å². The molecule has 1 aromatic carbocycles. The Kier molecular flexibility index (Phi) is 4.48. The quantitative estimate of drug-likeness (QED) is 0.803. The minimum Gasteiger partial charge on any atom is -0.360 e. The van der Waals surface area contributed by atoms with Crippen LogP contribution in [-0.4, -0.2) is 43.4 Å². The molecular formula is C15H17BrN2O4S. The molecule has 1 fully saturated rings. The molecule has 0 unspecified atom stereocenters. The van der Waals surface area contributed by atoms with E-state index in [-0.39, 0.29) is 10.8 Å². The van der Waals surface area contributed by atoms with Crippen molar-refractivity contribution in [2.75, 3.05) is 13.1 Å². The molecule has 23 heavy (non-hydrogen) atoms. The van der Waals surface area contributed by atoms with Crippen LogP contribution >= 0.6 is 15.9 Å². The minimum atomic E-state index is -3.85. The highest BCUT2D eigenvalue weighted by Crippen LogP contribution is 2.29. The molecule has 2 aromatic rings. The van der Waals surface area contributed by atoms with Gasteiger partial charge in [0.15, 0.2) is 0 Å². The first-order valence-corrected chi connectivity index (χ1v) is 9.52. The summed E-state index contributed by atoms with van der Waals surface area (Å²) < 4.78 is 31.3. The number of carbonyl (C=O) groups excluding carboxylic acids is 1. The van der Waals surface area contributed by atoms with Crippen molar-refractivity contribution in [2.24, 2.45) is 0 Å². The number of H-pyrrole nitrogens is 1. The molecule has 0 aliphatic carbocycles. The lowest BCUT2D eigenvalue weighted by Crippen LogP contribution is -2.40. The number of nitrogens with one attached hydrogen (secondary N) is 1. The fourth-order valence-corrected chi connectivity index (χ4v) is 4.43. The Hall–Kier alpha value is -1.38. The molecule has 1 aromatic heterocycles. The first-order chi connectivity index (χ1) is 10.9. The maximum atomic E-state index is 12.6. The van der Waals surface area contributed by atoms with Gasteiger partial charge in [-0.05, 0) is 31.0 Å². The molecule has 8 heteroatoms. The van der Waals surface area contributed by atoms with Crippen LogP contribution < -0.4 is 0 Å². The van der Waals surface area contributed by atoms with Gasteiger partial charge < -0.3 is 9.88 Å². The third-order valence-electron chi connectivity index (χ3n) is 4.03. The smallest absolute Gasteiger partial charge is 0.299 e. The van der Waals surface area contributed by atoms with Crippen molar-refractivity contribution in [3.63, 3.8) is 0 Å². The second-order valence-corrected chi connectivity index (χ2v) is 8.05. The Morgan fingerprint density at radius 3 is 2.70 bits per heavy atom. The number of benzene rings is 1. The van der Waals surface area contributed by atoms with Crippen molar-refractivity contribution < 1.29 is 17.4 Å². The maximum Gasteiger partial charge on any atom is 0.299 e. The van der Waals surface area contributed by atoms with Gasteiger partial charge in [-0.1, -0.05) is 15.9 Å². The third-order valence-corrected chi connectivity index (χ3v) is 5.92. The Morgan fingerprint density at radius 2 is 2.04 bits per heavy atom. The number of hydrogen-bond acceptors (Lipinski definition) is 4. The van der Waals surface area contributed by atoms with E-state index in [0.29, 0.717) is 31.3 Å². The number of nitrogens with zero attached hydrogens (tertiary/aromatic N) is 1. The van der Waals surface area contributed by atoms with Gasteiger partial charge in [-0.15, -0.1) is 0 Å². The third kappa shape index (κ3) is 3.44. The van der Waals surface area contributed by atoms with E-state index in [9.17, 15) is 13.2 Å². The summed E-state index contributed by atoms with van der Waals surface area (Å²) in [5.74, 6) is 0.00721. The molecule has 0 atom stereocenters. The van der Waals surface area contributed by atoms with Gasteiger partial charge >= 0.3 is 0 Å². The van der Waals surface area contributed by atoms with Crippen LogP contribution in [0.3, 0.4) is 0 Å². The van der Waals surface area contributed by atoms with Gasteiger partial charge in [0.25, 0.3) is 10.1 Å². The highest BCUT2D eigenvalue weighted by atomic mass is 79.9. The number of fused-ring (bicyclic) bond motifs is 1. The lowest BCUT2D eigenvalue weighted by molar-refractivity contribution is -0.130. The predicted octanol–water partition coefficient (Wildman–Crippen LogP) is 2.65. The fraction of sp³-hybridized carbons (Fsp3) is 0.400. The molecule has 3 rings (SSSR count). The first kappa shape index (κ1) is 16.5. The van der Waals surface area contributed by atoms with Crippen molar-refractivity contribution in [3.05, 3.63) is 28.9 Å². The summed E-state index contributed by atoms with van der Waals surface area (Å²) in [7, 11) is -3.85. The van der Waals surface area contributed by atoms with E-state index in [1.54, 1.807) is 11.0 Å². The summed E-state index contributed by atoms with van der Waals surface area (Å²) in [5, 5.41) is 0.598. The topological polar surface area (TPSA) is 79.5 Å². The standard InChI is InChI=1S/C15H17BrN2O4S/c1-10(19)18-6-4-12(5-7-18)22-23(20,21)15-9-17-14-3-2-11(16)8-13(14)15/h2-3,8-9,12,17H,4-7H2,1H3. The van der Waals surface area contributed by atoms with Crippen LogP contribution in [0.1, 0.15) is 19.8 Å². The molecule has 1 saturated heterocycles. The van der Waals surface area contributed by atoms with Crippen LogP contribution in [-0.2, 0) is 19.1 Å². The molecular weight excluding hydrogens is 384 g/mol. The molecule has 2 heterocycles. The summed E-state index contributed by atoms with van der Waals surface area (Å²) in [6.45, 7) is 2.56. The Labute approximate surface area is 143 Å². The van der Waals surface area contributed by atoms with E-state index in [1.807, 2.05) is 12.1 Å². The molecule has 1 aliphatic rings. The molecule has 0 radical (unpaired) electrons. The van der Waals surface area contributed by atoms with Crippen molar-refractivity contribution in [1.29, 1.82) is 0 Å². The molecule has 1 amide bonds. The normalized spacial score (nSPS) is 16.9. The van der Waals surface area contributed by atoms with Crippen LogP contribution in [0.25, 0.3) is 10.9 Å². The van der Waals surface area contributed by atoms with Crippen molar-refractivity contribution >= 4 is 42.9 Å². The molecule has 1 N–H and O–H groups in total. The summed E-state index contributed by atoms with van der Waals surface area (Å²) in [5.41, 5.74) is 0.738. The number of aromatic nitrogens is 1. The summed E-state index contributed by atoms with van der Waals surface area (Å²) in [6, 6.07) is 5.40. The van der Waals surface area contributed by atoms with Crippen molar-refractivity contribution in [3.8, 4) is 0 Å². The zero-order valence-corrected chi connectivity index (χ0v) is 15.0. The van der Waals surface area contributed by atoms with Gasteiger partial charge in [0.1, 0.15) is 4.90 Å². The summed E-state index contributed by atoms with van der Waals surface area (Å²) in [6.07, 6.45) is 2.10. The highest BCUT2D eigenvalue weighted by molar-refractivity contribution is 9.10. The number of piperidine rings is 1. The number of rotatable bonds is 3. The molecule has 0 saturated carbocycles. The average molecular weight is 401 g/mol. The Morgan fingerprint density at radius 1 is 1.35 bits per heavy atom. The van der Waals surface area contributed by atoms with E-state index >= 15 is 0 Å². The summed E-state index contributed by atoms with van der Waals surface area (Å²) >= 11 is 3.35. The zero-order chi connectivity index (χ0) is 16.6. The lowest BCUT2D eigenvalue weighted by Gasteiger charge is -2.30. The molecule has 1 aliphatic heterocycles. The van der Waals surface area contributed by atoms with Crippen LogP contribution in [0, 0.1) is 0 Å². The summed E-state index contributed by atoms with van der Waals surface area (Å²) in [4.78, 5) is 16.1. The first-order valence-electron chi connectivity index (χ1n) is 7.32. The van der Waals surface area contributed by atoms with Gasteiger partial charge in [-0.3, -0.25) is 8.98 Å². The average Bonchev–Trinajstić information content (AvgIpc) is 2.91. The van der Waals surface area contributed by atoms with Crippen molar-refractivity contribution in [1.82, 2.24) is 9.88 Å². The number of halogens is 1. The van der Waals surface area contributed by atoms with E-state index in [2.05, 4.69) is 20.9 Å². The second-order valence-electron chi connectivity index (χ2n) is 5.60. The van der Waals surface area contributed by atoms with Crippen molar-refractivity contribution in [2.45, 2.75) is 30.8 Å². The number of aromatic amines is 1. The Balaban J connectivity index is 1.79. The molecule has 0 bridgehead atoms. The molecule has 124 valence electrons. The highest BCUT2D eigenvalue weighted by Gasteiger charge is 2.28. The van der Waals surface area contributed by atoms with Gasteiger partial charge in [0.05, 0.1) is 6.10 Å². The SMILES string of the molecule is CC(=O)N1CCC(OS(=O)(=O)c2c[nH]c3ccc(Br)cc23)CC1. The van der Waals surface area contributed by atoms with E-state index in [1.165, 1.54) is 13.1 Å². The monoisotopic (exact) mass is 400 g/mol. The predicted molar refractivity (Wildman–Crippen MR) is 89.5 cm³/mol. The lowest BCUT2D eigenvalue weighted by atomic mass is 10.1. The van der Waals surface area contributed by atoms with E-state index < -0.39 is 16.2 Å². The van der Waals surface area contributed by atoms with Crippen LogP contribution in [0.5, 0.6) is 0 Å². The number of amides is 1. The van der Waals surface area contributed by atoms with Crippen LogP contribution in [0.2, 0.25) is 0 Å². The zero-order valence-electron chi connectivity index (χ0n) is 12.6. The number of hydrogen-bond donors (Lipinski definition) is 1. The molecule has 0 spiro atoms. The maximum absolute atomic E-state index is 12.6. The minimum absolute atomic E-state index is 0.00721. The van der Waals surface area contributed by atoms with Crippen LogP contribution in [0.15, 0.2) is 33.8 Å². The fourth-order valence-electron chi connectivity index (χ4n) is 2.77. The largest absolute Gasteiger partial charge is 0.360 e. The number of likely N-dealkylation sites (tertiary alicyclic amines) is 1. The molecule has 6 nitrogen and oxygen atoms in total. The van der Waals surface area contributed by atoms with E-state index in [4.69, 9.17) is 4.18 Å². The second kappa shape index (κ2) is 6.26. The van der Waals surface area contributed by atoms with Gasteiger partial charge in [0, 0.05) is 41.6 Å². The van der Waals surface area contributed by atoms with Gasteiger partial charge in [0.2, 0.25) is 5.91 Å². The van der Waals surface area contributed by atoms with Gasteiger partial charge in [-0.2, -0.15) is 8.42 Å². The van der Waals surface area contributed by atoms with Gasteiger partial charge in [-0.25, -0.2) is 0 Å².